The summed E-state index contributed by atoms with van der Waals surface area (Å²) in [5, 5.41) is 0. The number of aryl methyl sites for hydroxylation is 1. The van der Waals surface area contributed by atoms with Crippen LogP contribution in [0.25, 0.3) is 0 Å². The number of Topliss-reactive ketones (excluding diaryl/α,β-unsaturated/α-hetero) is 1. The monoisotopic (exact) mass is 245 g/mol. The molecular formula is C15H19NO2. The van der Waals surface area contributed by atoms with Gasteiger partial charge in [0.25, 0.3) is 5.91 Å². The minimum absolute atomic E-state index is 0.0424. The number of benzene rings is 1. The maximum absolute atomic E-state index is 12.3. The zero-order chi connectivity index (χ0) is 14.0. The van der Waals surface area contributed by atoms with Gasteiger partial charge in [-0.1, -0.05) is 6.08 Å². The molecule has 18 heavy (non-hydrogen) atoms. The first-order valence-electron chi connectivity index (χ1n) is 5.89. The van der Waals surface area contributed by atoms with Gasteiger partial charge in [-0.25, -0.2) is 0 Å². The number of allylic oxidation sites excluding steroid dienone is 1. The van der Waals surface area contributed by atoms with Crippen molar-refractivity contribution in [3.05, 3.63) is 45.5 Å². The van der Waals surface area contributed by atoms with E-state index < -0.39 is 5.91 Å². The minimum atomic E-state index is -0.683. The Morgan fingerprint density at radius 1 is 1.06 bits per heavy atom. The Morgan fingerprint density at radius 2 is 1.61 bits per heavy atom. The van der Waals surface area contributed by atoms with E-state index >= 15 is 0 Å². The maximum atomic E-state index is 12.3. The lowest BCUT2D eigenvalue weighted by molar-refractivity contribution is -0.114. The summed E-state index contributed by atoms with van der Waals surface area (Å²) < 4.78 is 0. The van der Waals surface area contributed by atoms with Crippen molar-refractivity contribution in [3.8, 4) is 0 Å². The van der Waals surface area contributed by atoms with Crippen LogP contribution < -0.4 is 5.73 Å². The topological polar surface area (TPSA) is 60.2 Å². The van der Waals surface area contributed by atoms with E-state index in [0.717, 1.165) is 16.7 Å². The van der Waals surface area contributed by atoms with Crippen molar-refractivity contribution >= 4 is 11.7 Å². The molecule has 0 heterocycles. The van der Waals surface area contributed by atoms with Crippen molar-refractivity contribution < 1.29 is 9.59 Å². The molecule has 0 aliphatic rings. The summed E-state index contributed by atoms with van der Waals surface area (Å²) in [5.74, 6) is -0.980. The lowest BCUT2D eigenvalue weighted by Gasteiger charge is -2.13. The molecular weight excluding hydrogens is 226 g/mol. The molecule has 0 spiro atoms. The number of nitrogens with two attached hydrogens (primary N) is 1. The number of rotatable bonds is 3. The van der Waals surface area contributed by atoms with Gasteiger partial charge in [0.1, 0.15) is 0 Å². The highest BCUT2D eigenvalue weighted by atomic mass is 16.2. The number of ketones is 1. The SMILES string of the molecule is C/C=C(/C(N)=O)C(=O)c1cc(C)c(C)c(C)c1C. The summed E-state index contributed by atoms with van der Waals surface area (Å²) in [4.78, 5) is 23.5. The van der Waals surface area contributed by atoms with Crippen molar-refractivity contribution in [3.63, 3.8) is 0 Å². The molecule has 0 radical (unpaired) electrons. The Kier molecular flexibility index (Phi) is 4.07. The second-order valence-electron chi connectivity index (χ2n) is 4.51. The van der Waals surface area contributed by atoms with Crippen LogP contribution in [-0.4, -0.2) is 11.7 Å². The van der Waals surface area contributed by atoms with E-state index in [1.54, 1.807) is 6.92 Å². The number of amides is 1. The van der Waals surface area contributed by atoms with Crippen LogP contribution in [0.15, 0.2) is 17.7 Å². The summed E-state index contributed by atoms with van der Waals surface area (Å²) >= 11 is 0. The van der Waals surface area contributed by atoms with E-state index in [1.165, 1.54) is 11.6 Å². The molecule has 0 aliphatic heterocycles. The Bertz CT molecular complexity index is 554. The summed E-state index contributed by atoms with van der Waals surface area (Å²) in [5.41, 5.74) is 10.0. The van der Waals surface area contributed by atoms with E-state index in [0.29, 0.717) is 5.56 Å². The molecule has 96 valence electrons. The average Bonchev–Trinajstić information content (AvgIpc) is 2.31. The molecule has 1 aromatic carbocycles. The van der Waals surface area contributed by atoms with Crippen LogP contribution in [0.5, 0.6) is 0 Å². The van der Waals surface area contributed by atoms with Gasteiger partial charge in [-0.2, -0.15) is 0 Å². The third kappa shape index (κ3) is 2.35. The zero-order valence-electron chi connectivity index (χ0n) is 11.5. The van der Waals surface area contributed by atoms with Crippen LogP contribution >= 0.6 is 0 Å². The Labute approximate surface area is 108 Å². The van der Waals surface area contributed by atoms with Crippen molar-refractivity contribution in [2.45, 2.75) is 34.6 Å². The number of hydrogen-bond acceptors (Lipinski definition) is 2. The molecule has 0 atom stereocenters. The zero-order valence-corrected chi connectivity index (χ0v) is 11.5. The fourth-order valence-corrected chi connectivity index (χ4v) is 1.98. The van der Waals surface area contributed by atoms with E-state index in [9.17, 15) is 9.59 Å². The third-order valence-electron chi connectivity index (χ3n) is 3.52. The fraction of sp³-hybridized carbons (Fsp3) is 0.333. The first-order valence-corrected chi connectivity index (χ1v) is 5.89. The minimum Gasteiger partial charge on any atom is -0.365 e. The van der Waals surface area contributed by atoms with Crippen molar-refractivity contribution in [2.24, 2.45) is 5.73 Å². The van der Waals surface area contributed by atoms with Crippen LogP contribution in [0.1, 0.15) is 39.5 Å². The molecule has 0 bridgehead atoms. The Morgan fingerprint density at radius 3 is 2.06 bits per heavy atom. The first kappa shape index (κ1) is 14.2. The number of carbonyl (C=O) groups is 2. The largest absolute Gasteiger partial charge is 0.365 e. The molecule has 3 heteroatoms. The van der Waals surface area contributed by atoms with Crippen LogP contribution in [0.4, 0.5) is 0 Å². The first-order chi connectivity index (χ1) is 8.31. The maximum Gasteiger partial charge on any atom is 0.252 e. The predicted molar refractivity (Wildman–Crippen MR) is 72.7 cm³/mol. The summed E-state index contributed by atoms with van der Waals surface area (Å²) in [6.07, 6.45) is 1.47. The molecule has 0 saturated carbocycles. The van der Waals surface area contributed by atoms with Crippen molar-refractivity contribution in [1.82, 2.24) is 0 Å². The smallest absolute Gasteiger partial charge is 0.252 e. The second kappa shape index (κ2) is 5.17. The van der Waals surface area contributed by atoms with Gasteiger partial charge in [0.15, 0.2) is 5.78 Å². The molecule has 3 nitrogen and oxygen atoms in total. The summed E-state index contributed by atoms with van der Waals surface area (Å²) in [6.45, 7) is 9.49. The molecule has 0 saturated heterocycles. The normalized spacial score (nSPS) is 11.5. The number of hydrogen-bond donors (Lipinski definition) is 1. The van der Waals surface area contributed by atoms with Crippen LogP contribution in [0.3, 0.4) is 0 Å². The van der Waals surface area contributed by atoms with Gasteiger partial charge >= 0.3 is 0 Å². The molecule has 1 aromatic rings. The van der Waals surface area contributed by atoms with Crippen LogP contribution in [0.2, 0.25) is 0 Å². The van der Waals surface area contributed by atoms with Crippen LogP contribution in [-0.2, 0) is 4.79 Å². The van der Waals surface area contributed by atoms with Crippen molar-refractivity contribution in [2.75, 3.05) is 0 Å². The highest BCUT2D eigenvalue weighted by molar-refractivity contribution is 6.25. The molecule has 2 N–H and O–H groups in total. The Hall–Kier alpha value is -1.90. The third-order valence-corrected chi connectivity index (χ3v) is 3.52. The second-order valence-corrected chi connectivity index (χ2v) is 4.51. The lowest BCUT2D eigenvalue weighted by Crippen LogP contribution is -2.21. The quantitative estimate of drug-likeness (QED) is 0.385. The van der Waals surface area contributed by atoms with Gasteiger partial charge in [0, 0.05) is 5.56 Å². The highest BCUT2D eigenvalue weighted by Crippen LogP contribution is 2.23. The molecule has 1 amide bonds. The summed E-state index contributed by atoms with van der Waals surface area (Å²) in [6, 6.07) is 1.83. The standard InChI is InChI=1S/C15H19NO2/c1-6-12(15(16)18)14(17)13-7-8(2)9(3)10(4)11(13)5/h6-7H,1-5H3,(H2,16,18)/b12-6+. The fourth-order valence-electron chi connectivity index (χ4n) is 1.98. The molecule has 0 fully saturated rings. The average molecular weight is 245 g/mol. The van der Waals surface area contributed by atoms with Gasteiger partial charge in [-0.15, -0.1) is 0 Å². The lowest BCUT2D eigenvalue weighted by atomic mass is 9.90. The van der Waals surface area contributed by atoms with E-state index in [1.807, 2.05) is 33.8 Å². The Balaban J connectivity index is 3.44. The van der Waals surface area contributed by atoms with E-state index in [-0.39, 0.29) is 11.4 Å². The highest BCUT2D eigenvalue weighted by Gasteiger charge is 2.20. The van der Waals surface area contributed by atoms with Gasteiger partial charge < -0.3 is 5.73 Å². The van der Waals surface area contributed by atoms with Gasteiger partial charge in [0.05, 0.1) is 5.57 Å². The molecule has 1 rings (SSSR count). The van der Waals surface area contributed by atoms with Gasteiger partial charge in [-0.3, -0.25) is 9.59 Å². The van der Waals surface area contributed by atoms with Gasteiger partial charge in [0.2, 0.25) is 0 Å². The predicted octanol–water partition coefficient (Wildman–Crippen LogP) is 2.53. The molecule has 0 aromatic heterocycles. The van der Waals surface area contributed by atoms with Crippen LogP contribution in [0, 0.1) is 27.7 Å². The number of carbonyl (C=O) groups excluding carboxylic acids is 2. The molecule has 0 unspecified atom stereocenters. The number of primary amides is 1. The summed E-state index contributed by atoms with van der Waals surface area (Å²) in [7, 11) is 0. The van der Waals surface area contributed by atoms with E-state index in [2.05, 4.69) is 0 Å². The molecule has 0 aliphatic carbocycles. The van der Waals surface area contributed by atoms with Crippen molar-refractivity contribution in [1.29, 1.82) is 0 Å². The van der Waals surface area contributed by atoms with E-state index in [4.69, 9.17) is 5.73 Å². The van der Waals surface area contributed by atoms with Gasteiger partial charge in [-0.05, 0) is 62.9 Å².